The summed E-state index contributed by atoms with van der Waals surface area (Å²) in [4.78, 5) is 24.7. The lowest BCUT2D eigenvalue weighted by Gasteiger charge is -2.27. The van der Waals surface area contributed by atoms with E-state index in [2.05, 4.69) is 0 Å². The third-order valence-electron chi connectivity index (χ3n) is 3.58. The molecule has 0 heterocycles. The van der Waals surface area contributed by atoms with Crippen molar-refractivity contribution in [3.05, 3.63) is 35.1 Å². The molecule has 4 nitrogen and oxygen atoms in total. The zero-order valence-corrected chi connectivity index (χ0v) is 11.2. The van der Waals surface area contributed by atoms with Crippen molar-refractivity contribution in [2.45, 2.75) is 31.7 Å². The van der Waals surface area contributed by atoms with Crippen molar-refractivity contribution >= 4 is 11.8 Å². The number of halogens is 3. The van der Waals surface area contributed by atoms with Gasteiger partial charge in [0.05, 0.1) is 6.54 Å². The second-order valence-corrected chi connectivity index (χ2v) is 5.09. The van der Waals surface area contributed by atoms with Gasteiger partial charge in [-0.05, 0) is 25.0 Å². The summed E-state index contributed by atoms with van der Waals surface area (Å²) >= 11 is 0. The molecule has 1 fully saturated rings. The number of amides is 2. The van der Waals surface area contributed by atoms with E-state index < -0.39 is 29.3 Å². The van der Waals surface area contributed by atoms with E-state index in [0.29, 0.717) is 25.0 Å². The van der Waals surface area contributed by atoms with E-state index in [-0.39, 0.29) is 18.2 Å². The van der Waals surface area contributed by atoms with Crippen LogP contribution in [0.1, 0.15) is 36.0 Å². The van der Waals surface area contributed by atoms with Crippen LogP contribution in [0.4, 0.5) is 13.2 Å². The monoisotopic (exact) mass is 300 g/mol. The molecule has 0 bridgehead atoms. The molecule has 0 aromatic heterocycles. The predicted octanol–water partition coefficient (Wildman–Crippen LogP) is 1.97. The number of carbonyl (C=O) groups is 2. The molecule has 0 atom stereocenters. The van der Waals surface area contributed by atoms with Gasteiger partial charge in [-0.15, -0.1) is 0 Å². The first kappa shape index (κ1) is 15.3. The minimum atomic E-state index is -1.63. The fraction of sp³-hybridized carbons (Fsp3) is 0.429. The highest BCUT2D eigenvalue weighted by Crippen LogP contribution is 2.25. The van der Waals surface area contributed by atoms with Crippen LogP contribution in [0.2, 0.25) is 0 Å². The summed E-state index contributed by atoms with van der Waals surface area (Å²) in [6, 6.07) is 1.06. The lowest BCUT2D eigenvalue weighted by atomic mass is 10.1. The van der Waals surface area contributed by atoms with Gasteiger partial charge in [0, 0.05) is 11.6 Å². The Labute approximate surface area is 119 Å². The first-order chi connectivity index (χ1) is 9.90. The van der Waals surface area contributed by atoms with Gasteiger partial charge in [0.1, 0.15) is 0 Å². The van der Waals surface area contributed by atoms with Crippen molar-refractivity contribution in [1.29, 1.82) is 0 Å². The van der Waals surface area contributed by atoms with E-state index in [9.17, 15) is 22.8 Å². The van der Waals surface area contributed by atoms with Crippen LogP contribution in [0.15, 0.2) is 12.1 Å². The second kappa shape index (κ2) is 6.15. The van der Waals surface area contributed by atoms with Gasteiger partial charge in [0.2, 0.25) is 5.91 Å². The highest BCUT2D eigenvalue weighted by molar-refractivity contribution is 5.96. The maximum atomic E-state index is 13.2. The maximum absolute atomic E-state index is 13.2. The normalized spacial score (nSPS) is 15.2. The first-order valence-corrected chi connectivity index (χ1v) is 6.64. The zero-order chi connectivity index (χ0) is 15.6. The maximum Gasteiger partial charge on any atom is 0.254 e. The number of benzene rings is 1. The molecule has 2 N–H and O–H groups in total. The summed E-state index contributed by atoms with van der Waals surface area (Å²) in [7, 11) is 0. The highest BCUT2D eigenvalue weighted by Gasteiger charge is 2.29. The third kappa shape index (κ3) is 3.34. The summed E-state index contributed by atoms with van der Waals surface area (Å²) in [6.45, 7) is -0.329. The number of carbonyl (C=O) groups excluding carboxylic acids is 2. The Balaban J connectivity index is 2.31. The zero-order valence-electron chi connectivity index (χ0n) is 11.2. The Hall–Kier alpha value is -2.05. The van der Waals surface area contributed by atoms with Gasteiger partial charge in [-0.25, -0.2) is 13.2 Å². The van der Waals surface area contributed by atoms with Crippen molar-refractivity contribution in [2.24, 2.45) is 5.73 Å². The van der Waals surface area contributed by atoms with Gasteiger partial charge in [-0.2, -0.15) is 0 Å². The van der Waals surface area contributed by atoms with Crippen molar-refractivity contribution in [1.82, 2.24) is 4.90 Å². The molecule has 0 aliphatic heterocycles. The first-order valence-electron chi connectivity index (χ1n) is 6.64. The molecule has 1 aromatic rings. The number of hydrogen-bond acceptors (Lipinski definition) is 2. The molecular weight excluding hydrogens is 285 g/mol. The van der Waals surface area contributed by atoms with Crippen LogP contribution < -0.4 is 5.73 Å². The molecule has 0 saturated heterocycles. The summed E-state index contributed by atoms with van der Waals surface area (Å²) in [6.07, 6.45) is 3.20. The third-order valence-corrected chi connectivity index (χ3v) is 3.58. The van der Waals surface area contributed by atoms with Crippen LogP contribution >= 0.6 is 0 Å². The molecule has 0 unspecified atom stereocenters. The van der Waals surface area contributed by atoms with Crippen LogP contribution in [0.25, 0.3) is 0 Å². The van der Waals surface area contributed by atoms with E-state index in [0.717, 1.165) is 12.8 Å². The van der Waals surface area contributed by atoms with Crippen LogP contribution in [-0.4, -0.2) is 29.3 Å². The largest absolute Gasteiger partial charge is 0.368 e. The Morgan fingerprint density at radius 2 is 1.67 bits per heavy atom. The van der Waals surface area contributed by atoms with E-state index in [4.69, 9.17) is 5.73 Å². The standard InChI is InChI=1S/C14H15F3N2O2/c15-10-5-8(6-11(16)13(10)17)14(21)19(7-12(18)20)9-3-1-2-4-9/h5-6,9H,1-4,7H2,(H2,18,20). The van der Waals surface area contributed by atoms with Crippen LogP contribution in [0, 0.1) is 17.5 Å². The number of primary amides is 1. The Kier molecular flexibility index (Phi) is 4.50. The van der Waals surface area contributed by atoms with Gasteiger partial charge in [0.25, 0.3) is 5.91 Å². The minimum Gasteiger partial charge on any atom is -0.368 e. The lowest BCUT2D eigenvalue weighted by molar-refractivity contribution is -0.119. The van der Waals surface area contributed by atoms with E-state index in [1.165, 1.54) is 4.90 Å². The van der Waals surface area contributed by atoms with Gasteiger partial charge < -0.3 is 10.6 Å². The predicted molar refractivity (Wildman–Crippen MR) is 68.8 cm³/mol. The van der Waals surface area contributed by atoms with Crippen molar-refractivity contribution in [3.63, 3.8) is 0 Å². The lowest BCUT2D eigenvalue weighted by Crippen LogP contribution is -2.44. The van der Waals surface area contributed by atoms with Gasteiger partial charge in [-0.3, -0.25) is 9.59 Å². The topological polar surface area (TPSA) is 63.4 Å². The van der Waals surface area contributed by atoms with E-state index in [1.54, 1.807) is 0 Å². The molecular formula is C14H15F3N2O2. The fourth-order valence-electron chi connectivity index (χ4n) is 2.60. The molecule has 2 amide bonds. The fourth-order valence-corrected chi connectivity index (χ4v) is 2.60. The molecule has 1 aromatic carbocycles. The van der Waals surface area contributed by atoms with Crippen LogP contribution in [0.3, 0.4) is 0 Å². The Morgan fingerprint density at radius 3 is 2.14 bits per heavy atom. The number of nitrogens with zero attached hydrogens (tertiary/aromatic N) is 1. The average Bonchev–Trinajstić information content (AvgIpc) is 2.94. The number of rotatable bonds is 4. The molecule has 2 rings (SSSR count). The smallest absolute Gasteiger partial charge is 0.254 e. The summed E-state index contributed by atoms with van der Waals surface area (Å²) < 4.78 is 39.4. The summed E-state index contributed by atoms with van der Waals surface area (Å²) in [5.41, 5.74) is 4.79. The van der Waals surface area contributed by atoms with E-state index in [1.807, 2.05) is 0 Å². The molecule has 0 radical (unpaired) electrons. The highest BCUT2D eigenvalue weighted by atomic mass is 19.2. The SMILES string of the molecule is NC(=O)CN(C(=O)c1cc(F)c(F)c(F)c1)C1CCCC1. The molecule has 1 aliphatic carbocycles. The van der Waals surface area contributed by atoms with Gasteiger partial charge in [0.15, 0.2) is 17.5 Å². The van der Waals surface area contributed by atoms with Crippen molar-refractivity contribution < 1.29 is 22.8 Å². The number of nitrogens with two attached hydrogens (primary N) is 1. The van der Waals surface area contributed by atoms with E-state index >= 15 is 0 Å². The van der Waals surface area contributed by atoms with Crippen LogP contribution in [0.5, 0.6) is 0 Å². The summed E-state index contributed by atoms with van der Waals surface area (Å²) in [5, 5.41) is 0. The van der Waals surface area contributed by atoms with Crippen molar-refractivity contribution in [3.8, 4) is 0 Å². The average molecular weight is 300 g/mol. The van der Waals surface area contributed by atoms with Gasteiger partial charge >= 0.3 is 0 Å². The molecule has 21 heavy (non-hydrogen) atoms. The summed E-state index contributed by atoms with van der Waals surface area (Å²) in [5.74, 6) is -5.95. The van der Waals surface area contributed by atoms with Crippen molar-refractivity contribution in [2.75, 3.05) is 6.54 Å². The molecule has 0 spiro atoms. The Morgan fingerprint density at radius 1 is 1.14 bits per heavy atom. The molecule has 114 valence electrons. The van der Waals surface area contributed by atoms with Crippen LogP contribution in [-0.2, 0) is 4.79 Å². The second-order valence-electron chi connectivity index (χ2n) is 5.09. The molecule has 7 heteroatoms. The van der Waals surface area contributed by atoms with Gasteiger partial charge in [-0.1, -0.05) is 12.8 Å². The quantitative estimate of drug-likeness (QED) is 0.864. The minimum absolute atomic E-state index is 0.193. The molecule has 1 saturated carbocycles. The number of hydrogen-bond donors (Lipinski definition) is 1. The molecule has 1 aliphatic rings. The Bertz CT molecular complexity index is 548.